The molecule has 1 aliphatic rings. The lowest BCUT2D eigenvalue weighted by molar-refractivity contribution is 0.623. The van der Waals surface area contributed by atoms with Gasteiger partial charge in [0.05, 0.1) is 12.2 Å². The first kappa shape index (κ1) is 16.6. The zero-order valence-corrected chi connectivity index (χ0v) is 14.8. The Bertz CT molecular complexity index is 874. The topological polar surface area (TPSA) is 93.4 Å². The van der Waals surface area contributed by atoms with Crippen molar-refractivity contribution in [3.63, 3.8) is 0 Å². The van der Waals surface area contributed by atoms with Gasteiger partial charge in [0.1, 0.15) is 12.1 Å². The normalized spacial score (nSPS) is 13.4. The summed E-state index contributed by atoms with van der Waals surface area (Å²) >= 11 is 0. The summed E-state index contributed by atoms with van der Waals surface area (Å²) in [5.41, 5.74) is 3.14. The smallest absolute Gasteiger partial charge is 0.163 e. The van der Waals surface area contributed by atoms with Crippen LogP contribution in [0.1, 0.15) is 30.4 Å². The van der Waals surface area contributed by atoms with Crippen LogP contribution in [0.25, 0.3) is 11.4 Å². The Morgan fingerprint density at radius 1 is 1.31 bits per heavy atom. The molecule has 4 heterocycles. The van der Waals surface area contributed by atoms with Crippen LogP contribution < -0.4 is 10.6 Å². The van der Waals surface area contributed by atoms with E-state index in [4.69, 9.17) is 9.97 Å². The van der Waals surface area contributed by atoms with Crippen molar-refractivity contribution in [1.29, 1.82) is 0 Å². The molecule has 3 aromatic rings. The largest absolute Gasteiger partial charge is 0.362 e. The Morgan fingerprint density at radius 3 is 3.12 bits per heavy atom. The Balaban J connectivity index is 1.64. The van der Waals surface area contributed by atoms with Crippen molar-refractivity contribution in [3.8, 4) is 11.4 Å². The summed E-state index contributed by atoms with van der Waals surface area (Å²) in [6.45, 7) is 5.33. The number of aryl methyl sites for hydroxylation is 1. The van der Waals surface area contributed by atoms with E-state index in [1.165, 1.54) is 5.56 Å². The molecule has 0 spiro atoms. The highest BCUT2D eigenvalue weighted by Gasteiger charge is 2.18. The summed E-state index contributed by atoms with van der Waals surface area (Å²) in [7, 11) is 0. The molecular formula is C18H22N8. The lowest BCUT2D eigenvalue weighted by atomic mass is 10.1. The maximum Gasteiger partial charge on any atom is 0.163 e. The van der Waals surface area contributed by atoms with Gasteiger partial charge in [0.15, 0.2) is 11.6 Å². The summed E-state index contributed by atoms with van der Waals surface area (Å²) in [6, 6.07) is 3.88. The molecule has 0 saturated carbocycles. The average molecular weight is 350 g/mol. The molecule has 0 unspecified atom stereocenters. The van der Waals surface area contributed by atoms with E-state index >= 15 is 0 Å². The number of nitrogens with one attached hydrogen (secondary N) is 2. The van der Waals surface area contributed by atoms with Crippen molar-refractivity contribution < 1.29 is 0 Å². The predicted molar refractivity (Wildman–Crippen MR) is 98.3 cm³/mol. The fourth-order valence-corrected chi connectivity index (χ4v) is 3.14. The summed E-state index contributed by atoms with van der Waals surface area (Å²) in [5, 5.41) is 15.1. The molecule has 0 amide bonds. The first-order chi connectivity index (χ1) is 12.8. The zero-order chi connectivity index (χ0) is 17.8. The molecule has 8 heteroatoms. The number of aromatic nitrogens is 6. The van der Waals surface area contributed by atoms with Crippen LogP contribution in [0.15, 0.2) is 30.9 Å². The van der Waals surface area contributed by atoms with Gasteiger partial charge in [-0.15, -0.1) is 10.2 Å². The van der Waals surface area contributed by atoms with E-state index in [2.05, 4.69) is 37.3 Å². The summed E-state index contributed by atoms with van der Waals surface area (Å²) in [6.07, 6.45) is 7.28. The second-order valence-corrected chi connectivity index (χ2v) is 6.28. The minimum atomic E-state index is 0.587. The number of pyridine rings is 1. The molecule has 0 saturated heterocycles. The molecule has 134 valence electrons. The van der Waals surface area contributed by atoms with Gasteiger partial charge in [-0.2, -0.15) is 0 Å². The van der Waals surface area contributed by atoms with Crippen LogP contribution >= 0.6 is 0 Å². The lowest BCUT2D eigenvalue weighted by Gasteiger charge is -2.20. The molecule has 3 aromatic heterocycles. The lowest BCUT2D eigenvalue weighted by Crippen LogP contribution is -2.26. The van der Waals surface area contributed by atoms with E-state index in [1.54, 1.807) is 18.7 Å². The Labute approximate surface area is 152 Å². The first-order valence-electron chi connectivity index (χ1n) is 8.96. The van der Waals surface area contributed by atoms with Crippen molar-refractivity contribution in [2.45, 2.75) is 39.4 Å². The molecule has 8 nitrogen and oxygen atoms in total. The van der Waals surface area contributed by atoms with Crippen LogP contribution in [-0.2, 0) is 26.1 Å². The van der Waals surface area contributed by atoms with E-state index < -0.39 is 0 Å². The van der Waals surface area contributed by atoms with Crippen LogP contribution in [0.5, 0.6) is 0 Å². The predicted octanol–water partition coefficient (Wildman–Crippen LogP) is 1.80. The van der Waals surface area contributed by atoms with Crippen LogP contribution in [-0.4, -0.2) is 36.3 Å². The highest BCUT2D eigenvalue weighted by molar-refractivity contribution is 5.59. The number of hydrogen-bond donors (Lipinski definition) is 2. The van der Waals surface area contributed by atoms with Gasteiger partial charge in [0.25, 0.3) is 0 Å². The summed E-state index contributed by atoms with van der Waals surface area (Å²) in [5.74, 6) is 2.48. The van der Waals surface area contributed by atoms with Crippen LogP contribution in [0.3, 0.4) is 0 Å². The molecular weight excluding hydrogens is 328 g/mol. The number of anilines is 1. The monoisotopic (exact) mass is 350 g/mol. The van der Waals surface area contributed by atoms with Gasteiger partial charge in [-0.25, -0.2) is 9.97 Å². The number of rotatable bonds is 6. The van der Waals surface area contributed by atoms with Gasteiger partial charge in [0, 0.05) is 36.6 Å². The molecule has 1 aliphatic heterocycles. The van der Waals surface area contributed by atoms with Gasteiger partial charge in [-0.1, -0.05) is 6.92 Å². The molecule has 4 rings (SSSR count). The third-order valence-corrected chi connectivity index (χ3v) is 4.43. The first-order valence-corrected chi connectivity index (χ1v) is 8.96. The van der Waals surface area contributed by atoms with E-state index in [9.17, 15) is 0 Å². The van der Waals surface area contributed by atoms with Gasteiger partial charge >= 0.3 is 0 Å². The maximum atomic E-state index is 4.78. The fourth-order valence-electron chi connectivity index (χ4n) is 3.14. The second kappa shape index (κ2) is 7.57. The van der Waals surface area contributed by atoms with Crippen molar-refractivity contribution in [1.82, 2.24) is 35.0 Å². The van der Waals surface area contributed by atoms with E-state index in [1.807, 2.05) is 12.1 Å². The van der Waals surface area contributed by atoms with Gasteiger partial charge in [-0.3, -0.25) is 4.98 Å². The third kappa shape index (κ3) is 3.41. The fraction of sp³-hybridized carbons (Fsp3) is 0.389. The molecule has 0 aliphatic carbocycles. The van der Waals surface area contributed by atoms with Crippen molar-refractivity contribution >= 4 is 5.82 Å². The SMILES string of the molecule is CCCn1cnnc1CNc1nc(-c2cccnc2)nc2c1CCNC2. The quantitative estimate of drug-likeness (QED) is 0.700. The Morgan fingerprint density at radius 2 is 2.27 bits per heavy atom. The van der Waals surface area contributed by atoms with Crippen molar-refractivity contribution in [2.24, 2.45) is 0 Å². The van der Waals surface area contributed by atoms with Crippen LogP contribution in [0.2, 0.25) is 0 Å². The third-order valence-electron chi connectivity index (χ3n) is 4.43. The molecule has 0 bridgehead atoms. The van der Waals surface area contributed by atoms with Crippen LogP contribution in [0, 0.1) is 0 Å². The molecule has 0 atom stereocenters. The standard InChI is InChI=1S/C18H22N8/c1-2-8-26-12-22-25-16(26)11-21-18-14-5-7-20-10-15(14)23-17(24-18)13-4-3-6-19-9-13/h3-4,6,9,12,20H,2,5,7-8,10-11H2,1H3,(H,21,23,24). The Kier molecular flexibility index (Phi) is 4.83. The summed E-state index contributed by atoms with van der Waals surface area (Å²) in [4.78, 5) is 13.7. The van der Waals surface area contributed by atoms with E-state index in [0.29, 0.717) is 12.4 Å². The van der Waals surface area contributed by atoms with Gasteiger partial charge in [-0.05, 0) is 31.5 Å². The number of hydrogen-bond acceptors (Lipinski definition) is 7. The van der Waals surface area contributed by atoms with Crippen molar-refractivity contribution in [2.75, 3.05) is 11.9 Å². The molecule has 2 N–H and O–H groups in total. The zero-order valence-electron chi connectivity index (χ0n) is 14.8. The maximum absolute atomic E-state index is 4.78. The van der Waals surface area contributed by atoms with Crippen LogP contribution in [0.4, 0.5) is 5.82 Å². The van der Waals surface area contributed by atoms with E-state index in [0.717, 1.165) is 55.4 Å². The van der Waals surface area contributed by atoms with Crippen molar-refractivity contribution in [3.05, 3.63) is 47.9 Å². The highest BCUT2D eigenvalue weighted by atomic mass is 15.3. The van der Waals surface area contributed by atoms with E-state index in [-0.39, 0.29) is 0 Å². The molecule has 0 aromatic carbocycles. The van der Waals surface area contributed by atoms with Gasteiger partial charge in [0.2, 0.25) is 0 Å². The van der Waals surface area contributed by atoms with Gasteiger partial charge < -0.3 is 15.2 Å². The molecule has 26 heavy (non-hydrogen) atoms. The highest BCUT2D eigenvalue weighted by Crippen LogP contribution is 2.24. The second-order valence-electron chi connectivity index (χ2n) is 6.28. The average Bonchev–Trinajstić information content (AvgIpc) is 3.14. The molecule has 0 fully saturated rings. The molecule has 0 radical (unpaired) electrons. The number of fused-ring (bicyclic) bond motifs is 1. The minimum Gasteiger partial charge on any atom is -0.362 e. The minimum absolute atomic E-state index is 0.587. The summed E-state index contributed by atoms with van der Waals surface area (Å²) < 4.78 is 2.07. The number of nitrogens with zero attached hydrogens (tertiary/aromatic N) is 6. The Hall–Kier alpha value is -2.87.